The van der Waals surface area contributed by atoms with E-state index in [-0.39, 0.29) is 0 Å². The molecule has 1 aromatic rings. The number of fused-ring (bicyclic) bond motifs is 1. The van der Waals surface area contributed by atoms with Gasteiger partial charge in [-0.15, -0.1) is 0 Å². The summed E-state index contributed by atoms with van der Waals surface area (Å²) in [6, 6.07) is 4.64. The van der Waals surface area contributed by atoms with Gasteiger partial charge in [-0.1, -0.05) is 15.9 Å². The van der Waals surface area contributed by atoms with Crippen LogP contribution in [0.25, 0.3) is 0 Å². The van der Waals surface area contributed by atoms with E-state index in [1.807, 2.05) is 0 Å². The second kappa shape index (κ2) is 5.65. The molecule has 1 aromatic carbocycles. The molecule has 3 rings (SSSR count). The SMILES string of the molecule is O=C1NCC2(CCCOC2)Oc2ccc(Br)cc2C(=O)N1. The van der Waals surface area contributed by atoms with E-state index < -0.39 is 17.5 Å². The molecule has 1 fully saturated rings. The second-order valence-electron chi connectivity index (χ2n) is 5.22. The Morgan fingerprint density at radius 1 is 1.29 bits per heavy atom. The largest absolute Gasteiger partial charge is 0.482 e. The van der Waals surface area contributed by atoms with Crippen LogP contribution in [-0.4, -0.2) is 37.3 Å². The number of nitrogens with one attached hydrogen (secondary N) is 2. The van der Waals surface area contributed by atoms with Gasteiger partial charge in [-0.3, -0.25) is 10.1 Å². The number of amides is 3. The third-order valence-corrected chi connectivity index (χ3v) is 4.09. The van der Waals surface area contributed by atoms with Crippen LogP contribution in [0.3, 0.4) is 0 Å². The van der Waals surface area contributed by atoms with E-state index in [0.29, 0.717) is 31.1 Å². The quantitative estimate of drug-likeness (QED) is 0.745. The van der Waals surface area contributed by atoms with Crippen molar-refractivity contribution in [3.05, 3.63) is 28.2 Å². The molecule has 1 saturated heterocycles. The first-order valence-corrected chi connectivity index (χ1v) is 7.53. The number of rotatable bonds is 0. The highest BCUT2D eigenvalue weighted by Crippen LogP contribution is 2.31. The van der Waals surface area contributed by atoms with E-state index in [1.54, 1.807) is 18.2 Å². The first kappa shape index (κ1) is 14.3. The van der Waals surface area contributed by atoms with Gasteiger partial charge in [-0.25, -0.2) is 4.79 Å². The number of urea groups is 1. The Morgan fingerprint density at radius 3 is 2.90 bits per heavy atom. The van der Waals surface area contributed by atoms with Crippen molar-refractivity contribution in [3.63, 3.8) is 0 Å². The number of carbonyl (C=O) groups is 2. The molecule has 1 atom stereocenters. The minimum Gasteiger partial charge on any atom is -0.482 e. The summed E-state index contributed by atoms with van der Waals surface area (Å²) in [6.07, 6.45) is 1.61. The predicted octanol–water partition coefficient (Wildman–Crippen LogP) is 1.83. The average Bonchev–Trinajstić information content (AvgIpc) is 2.51. The van der Waals surface area contributed by atoms with Crippen molar-refractivity contribution in [1.82, 2.24) is 10.6 Å². The molecule has 6 nitrogen and oxygen atoms in total. The molecule has 0 saturated carbocycles. The minimum absolute atomic E-state index is 0.293. The van der Waals surface area contributed by atoms with E-state index in [9.17, 15) is 9.59 Å². The molecule has 2 aliphatic rings. The molecule has 112 valence electrons. The lowest BCUT2D eigenvalue weighted by atomic mass is 9.96. The van der Waals surface area contributed by atoms with Gasteiger partial charge in [-0.05, 0) is 31.0 Å². The van der Waals surface area contributed by atoms with Gasteiger partial charge in [0.05, 0.1) is 18.7 Å². The van der Waals surface area contributed by atoms with Gasteiger partial charge in [0.25, 0.3) is 5.91 Å². The Labute approximate surface area is 130 Å². The lowest BCUT2D eigenvalue weighted by Crippen LogP contribution is -2.53. The number of hydrogen-bond donors (Lipinski definition) is 2. The Morgan fingerprint density at radius 2 is 2.14 bits per heavy atom. The topological polar surface area (TPSA) is 76.7 Å². The monoisotopic (exact) mass is 354 g/mol. The Bertz CT molecular complexity index is 584. The van der Waals surface area contributed by atoms with Gasteiger partial charge in [0, 0.05) is 11.1 Å². The normalized spacial score (nSPS) is 25.8. The van der Waals surface area contributed by atoms with Gasteiger partial charge in [0.15, 0.2) is 0 Å². The fourth-order valence-electron chi connectivity index (χ4n) is 2.54. The lowest BCUT2D eigenvalue weighted by molar-refractivity contribution is -0.0648. The highest BCUT2D eigenvalue weighted by Gasteiger charge is 2.38. The van der Waals surface area contributed by atoms with Crippen LogP contribution in [0.1, 0.15) is 23.2 Å². The zero-order chi connectivity index (χ0) is 14.9. The van der Waals surface area contributed by atoms with Gasteiger partial charge in [0.2, 0.25) is 0 Å². The van der Waals surface area contributed by atoms with Crippen molar-refractivity contribution in [2.24, 2.45) is 0 Å². The van der Waals surface area contributed by atoms with Crippen LogP contribution in [0.4, 0.5) is 4.79 Å². The van der Waals surface area contributed by atoms with Crippen LogP contribution in [0.5, 0.6) is 5.75 Å². The van der Waals surface area contributed by atoms with E-state index in [4.69, 9.17) is 9.47 Å². The van der Waals surface area contributed by atoms with Crippen molar-refractivity contribution in [2.75, 3.05) is 19.8 Å². The summed E-state index contributed by atoms with van der Waals surface area (Å²) >= 11 is 3.32. The van der Waals surface area contributed by atoms with Crippen molar-refractivity contribution >= 4 is 27.9 Å². The predicted molar refractivity (Wildman–Crippen MR) is 78.4 cm³/mol. The molecule has 1 spiro atoms. The number of benzene rings is 1. The van der Waals surface area contributed by atoms with Crippen LogP contribution in [0, 0.1) is 0 Å². The zero-order valence-electron chi connectivity index (χ0n) is 11.3. The summed E-state index contributed by atoms with van der Waals surface area (Å²) in [4.78, 5) is 23.9. The van der Waals surface area contributed by atoms with E-state index >= 15 is 0 Å². The van der Waals surface area contributed by atoms with Crippen molar-refractivity contribution in [3.8, 4) is 5.75 Å². The van der Waals surface area contributed by atoms with Crippen LogP contribution >= 0.6 is 15.9 Å². The molecule has 3 amide bonds. The minimum atomic E-state index is -0.636. The van der Waals surface area contributed by atoms with Gasteiger partial charge in [-0.2, -0.15) is 0 Å². The van der Waals surface area contributed by atoms with Crippen LogP contribution in [0.15, 0.2) is 22.7 Å². The Hall–Kier alpha value is -1.60. The molecule has 0 aliphatic carbocycles. The molecule has 21 heavy (non-hydrogen) atoms. The average molecular weight is 355 g/mol. The molecular weight excluding hydrogens is 340 g/mol. The van der Waals surface area contributed by atoms with Gasteiger partial charge >= 0.3 is 6.03 Å². The Balaban J connectivity index is 2.02. The number of imide groups is 1. The maximum absolute atomic E-state index is 12.1. The number of carbonyl (C=O) groups excluding carboxylic acids is 2. The van der Waals surface area contributed by atoms with Gasteiger partial charge < -0.3 is 14.8 Å². The molecule has 0 radical (unpaired) electrons. The molecule has 7 heteroatoms. The summed E-state index contributed by atoms with van der Waals surface area (Å²) in [6.45, 7) is 1.36. The summed E-state index contributed by atoms with van der Waals surface area (Å²) < 4.78 is 12.4. The van der Waals surface area contributed by atoms with Crippen molar-refractivity contribution < 1.29 is 19.1 Å². The van der Waals surface area contributed by atoms with E-state index in [2.05, 4.69) is 26.6 Å². The Kier molecular flexibility index (Phi) is 3.86. The molecule has 2 heterocycles. The fraction of sp³-hybridized carbons (Fsp3) is 0.429. The third kappa shape index (κ3) is 3.03. The molecular formula is C14H15BrN2O4. The highest BCUT2D eigenvalue weighted by molar-refractivity contribution is 9.10. The second-order valence-corrected chi connectivity index (χ2v) is 6.13. The van der Waals surface area contributed by atoms with Crippen LogP contribution < -0.4 is 15.4 Å². The van der Waals surface area contributed by atoms with E-state index in [0.717, 1.165) is 17.3 Å². The summed E-state index contributed by atoms with van der Waals surface area (Å²) in [5, 5.41) is 4.97. The van der Waals surface area contributed by atoms with Crippen LogP contribution in [-0.2, 0) is 4.74 Å². The molecule has 2 N–H and O–H groups in total. The van der Waals surface area contributed by atoms with Crippen LogP contribution in [0.2, 0.25) is 0 Å². The van der Waals surface area contributed by atoms with Crippen molar-refractivity contribution in [2.45, 2.75) is 18.4 Å². The smallest absolute Gasteiger partial charge is 0.321 e. The fourth-order valence-corrected chi connectivity index (χ4v) is 2.90. The zero-order valence-corrected chi connectivity index (χ0v) is 12.9. The van der Waals surface area contributed by atoms with Crippen molar-refractivity contribution in [1.29, 1.82) is 0 Å². The van der Waals surface area contributed by atoms with Gasteiger partial charge in [0.1, 0.15) is 11.4 Å². The molecule has 0 aromatic heterocycles. The number of hydrogen-bond acceptors (Lipinski definition) is 4. The maximum atomic E-state index is 12.1. The summed E-state index contributed by atoms with van der Waals surface area (Å²) in [7, 11) is 0. The standard InChI is InChI=1S/C14H15BrN2O4/c15-9-2-3-11-10(6-9)12(18)17-13(19)16-7-14(21-11)4-1-5-20-8-14/h2-3,6H,1,4-5,7-8H2,(H2,16,17,18,19). The maximum Gasteiger partial charge on any atom is 0.321 e. The molecule has 0 bridgehead atoms. The first-order chi connectivity index (χ1) is 10.1. The molecule has 2 aliphatic heterocycles. The number of halogens is 1. The summed E-state index contributed by atoms with van der Waals surface area (Å²) in [5.74, 6) is -0.0322. The highest BCUT2D eigenvalue weighted by atomic mass is 79.9. The van der Waals surface area contributed by atoms with E-state index in [1.165, 1.54) is 0 Å². The lowest BCUT2D eigenvalue weighted by Gasteiger charge is -2.37. The molecule has 1 unspecified atom stereocenters. The first-order valence-electron chi connectivity index (χ1n) is 6.74. The summed E-state index contributed by atoms with van der Waals surface area (Å²) in [5.41, 5.74) is -0.311. The third-order valence-electron chi connectivity index (χ3n) is 3.60. The number of ether oxygens (including phenoxy) is 2.